The average molecular weight is 256 g/mol. The first kappa shape index (κ1) is 13.9. The van der Waals surface area contributed by atoms with Gasteiger partial charge in [0.05, 0.1) is 6.54 Å². The third-order valence-corrected chi connectivity index (χ3v) is 2.47. The molecular weight excluding hydrogens is 240 g/mol. The van der Waals surface area contributed by atoms with Gasteiger partial charge in [0, 0.05) is 13.0 Å². The molecule has 18 heavy (non-hydrogen) atoms. The van der Waals surface area contributed by atoms with Gasteiger partial charge in [-0.1, -0.05) is 0 Å². The first-order valence-corrected chi connectivity index (χ1v) is 5.43. The fourth-order valence-corrected chi connectivity index (χ4v) is 1.51. The number of rotatable bonds is 5. The Morgan fingerprint density at radius 3 is 2.44 bits per heavy atom. The lowest BCUT2D eigenvalue weighted by atomic mass is 10.1. The van der Waals surface area contributed by atoms with Crippen molar-refractivity contribution in [3.63, 3.8) is 0 Å². The van der Waals surface area contributed by atoms with E-state index in [0.29, 0.717) is 0 Å². The van der Waals surface area contributed by atoms with Crippen LogP contribution in [0.15, 0.2) is 0 Å². The summed E-state index contributed by atoms with van der Waals surface area (Å²) < 4.78 is 0. The van der Waals surface area contributed by atoms with Crippen molar-refractivity contribution in [1.82, 2.24) is 15.5 Å². The summed E-state index contributed by atoms with van der Waals surface area (Å²) in [6.45, 7) is 2.88. The highest BCUT2D eigenvalue weighted by molar-refractivity contribution is 6.06. The van der Waals surface area contributed by atoms with Crippen LogP contribution in [0.25, 0.3) is 0 Å². The Hall–Kier alpha value is -2.12. The molecule has 0 saturated carbocycles. The lowest BCUT2D eigenvalue weighted by Crippen LogP contribution is -2.41. The summed E-state index contributed by atoms with van der Waals surface area (Å²) in [5.41, 5.74) is 3.91. The van der Waals surface area contributed by atoms with Crippen LogP contribution in [-0.4, -0.2) is 47.3 Å². The van der Waals surface area contributed by atoms with Crippen LogP contribution >= 0.6 is 0 Å². The van der Waals surface area contributed by atoms with Crippen LogP contribution < -0.4 is 16.4 Å². The quantitative estimate of drug-likeness (QED) is 0.508. The Morgan fingerprint density at radius 1 is 1.39 bits per heavy atom. The van der Waals surface area contributed by atoms with Gasteiger partial charge in [0.2, 0.25) is 11.8 Å². The van der Waals surface area contributed by atoms with Gasteiger partial charge in [-0.05, 0) is 13.8 Å². The van der Waals surface area contributed by atoms with E-state index >= 15 is 0 Å². The molecule has 0 aromatic carbocycles. The van der Waals surface area contributed by atoms with Crippen molar-refractivity contribution in [3.05, 3.63) is 0 Å². The molecule has 1 heterocycles. The molecule has 5 amide bonds. The maximum Gasteiger partial charge on any atom is 0.325 e. The predicted molar refractivity (Wildman–Crippen MR) is 61.1 cm³/mol. The monoisotopic (exact) mass is 256 g/mol. The van der Waals surface area contributed by atoms with Crippen LogP contribution in [0, 0.1) is 0 Å². The molecule has 0 unspecified atom stereocenters. The molecule has 0 aromatic heterocycles. The van der Waals surface area contributed by atoms with Crippen molar-refractivity contribution in [2.24, 2.45) is 5.73 Å². The number of nitrogens with two attached hydrogens (primary N) is 1. The number of hydrogen-bond donors (Lipinski definition) is 3. The van der Waals surface area contributed by atoms with E-state index in [9.17, 15) is 19.2 Å². The predicted octanol–water partition coefficient (Wildman–Crippen LogP) is -1.69. The Balaban J connectivity index is 2.45. The fraction of sp³-hybridized carbons (Fsp3) is 0.600. The number of imide groups is 1. The van der Waals surface area contributed by atoms with E-state index in [1.165, 1.54) is 0 Å². The minimum Gasteiger partial charge on any atom is -0.368 e. The van der Waals surface area contributed by atoms with Gasteiger partial charge in [0.1, 0.15) is 5.54 Å². The Kier molecular flexibility index (Phi) is 3.89. The van der Waals surface area contributed by atoms with Gasteiger partial charge in [0.15, 0.2) is 0 Å². The zero-order chi connectivity index (χ0) is 13.9. The molecule has 1 fully saturated rings. The van der Waals surface area contributed by atoms with Crippen molar-refractivity contribution in [1.29, 1.82) is 0 Å². The summed E-state index contributed by atoms with van der Waals surface area (Å²) in [7, 11) is 0. The van der Waals surface area contributed by atoms with Crippen LogP contribution in [0.3, 0.4) is 0 Å². The van der Waals surface area contributed by atoms with Gasteiger partial charge in [-0.25, -0.2) is 4.79 Å². The SMILES string of the molecule is CC1(C)NC(=O)N(CCC(=O)NCC(N)=O)C1=O. The molecule has 100 valence electrons. The molecule has 1 aliphatic heterocycles. The van der Waals surface area contributed by atoms with E-state index in [4.69, 9.17) is 5.73 Å². The largest absolute Gasteiger partial charge is 0.368 e. The minimum absolute atomic E-state index is 0.0291. The second-order valence-corrected chi connectivity index (χ2v) is 4.50. The molecular formula is C10H16N4O4. The van der Waals surface area contributed by atoms with Gasteiger partial charge in [-0.2, -0.15) is 0 Å². The molecule has 0 bridgehead atoms. The summed E-state index contributed by atoms with van der Waals surface area (Å²) >= 11 is 0. The van der Waals surface area contributed by atoms with Crippen LogP contribution in [-0.2, 0) is 14.4 Å². The summed E-state index contributed by atoms with van der Waals surface area (Å²) in [5.74, 6) is -1.48. The molecule has 0 aliphatic carbocycles. The smallest absolute Gasteiger partial charge is 0.325 e. The number of amides is 5. The lowest BCUT2D eigenvalue weighted by molar-refractivity contribution is -0.131. The Labute approximate surface area is 104 Å². The van der Waals surface area contributed by atoms with Crippen LogP contribution in [0.1, 0.15) is 20.3 Å². The maximum absolute atomic E-state index is 11.8. The Bertz CT molecular complexity index is 405. The molecule has 8 nitrogen and oxygen atoms in total. The van der Waals surface area contributed by atoms with E-state index in [1.807, 2.05) is 0 Å². The Morgan fingerprint density at radius 2 is 2.00 bits per heavy atom. The normalized spacial score (nSPS) is 17.6. The zero-order valence-electron chi connectivity index (χ0n) is 10.3. The second kappa shape index (κ2) is 5.03. The lowest BCUT2D eigenvalue weighted by Gasteiger charge is -2.15. The summed E-state index contributed by atoms with van der Waals surface area (Å²) in [6, 6.07) is -0.521. The molecule has 0 aromatic rings. The van der Waals surface area contributed by atoms with Crippen molar-refractivity contribution in [3.8, 4) is 0 Å². The first-order valence-electron chi connectivity index (χ1n) is 5.43. The first-order chi connectivity index (χ1) is 8.24. The van der Waals surface area contributed by atoms with E-state index in [0.717, 1.165) is 4.90 Å². The summed E-state index contributed by atoms with van der Waals surface area (Å²) in [4.78, 5) is 45.9. The van der Waals surface area contributed by atoms with Crippen molar-refractivity contribution >= 4 is 23.8 Å². The standard InChI is InChI=1S/C10H16N4O4/c1-10(2)8(17)14(9(18)13-10)4-3-7(16)12-5-6(11)15/h3-5H2,1-2H3,(H2,11,15)(H,12,16)(H,13,18). The number of urea groups is 1. The van der Waals surface area contributed by atoms with E-state index in [1.54, 1.807) is 13.8 Å². The zero-order valence-corrected chi connectivity index (χ0v) is 10.3. The van der Waals surface area contributed by atoms with Gasteiger partial charge in [-0.15, -0.1) is 0 Å². The second-order valence-electron chi connectivity index (χ2n) is 4.50. The molecule has 1 saturated heterocycles. The highest BCUT2D eigenvalue weighted by Gasteiger charge is 2.43. The van der Waals surface area contributed by atoms with Crippen molar-refractivity contribution in [2.75, 3.05) is 13.1 Å². The van der Waals surface area contributed by atoms with Gasteiger partial charge in [0.25, 0.3) is 5.91 Å². The van der Waals surface area contributed by atoms with E-state index in [-0.39, 0.29) is 25.4 Å². The molecule has 8 heteroatoms. The van der Waals surface area contributed by atoms with Gasteiger partial charge >= 0.3 is 6.03 Å². The van der Waals surface area contributed by atoms with E-state index in [2.05, 4.69) is 10.6 Å². The molecule has 1 rings (SSSR count). The number of primary amides is 1. The molecule has 0 spiro atoms. The topological polar surface area (TPSA) is 122 Å². The van der Waals surface area contributed by atoms with Crippen LogP contribution in [0.4, 0.5) is 4.79 Å². The summed E-state index contributed by atoms with van der Waals surface area (Å²) in [6.07, 6.45) is -0.0669. The third kappa shape index (κ3) is 3.19. The fourth-order valence-electron chi connectivity index (χ4n) is 1.51. The number of carbonyl (C=O) groups excluding carboxylic acids is 4. The average Bonchev–Trinajstić information content (AvgIpc) is 2.43. The van der Waals surface area contributed by atoms with E-state index < -0.39 is 23.4 Å². The highest BCUT2D eigenvalue weighted by atomic mass is 16.2. The minimum atomic E-state index is -0.944. The van der Waals surface area contributed by atoms with Crippen molar-refractivity contribution < 1.29 is 19.2 Å². The van der Waals surface area contributed by atoms with Gasteiger partial charge < -0.3 is 16.4 Å². The summed E-state index contributed by atoms with van der Waals surface area (Å²) in [5, 5.41) is 4.77. The highest BCUT2D eigenvalue weighted by Crippen LogP contribution is 2.16. The van der Waals surface area contributed by atoms with Crippen LogP contribution in [0.2, 0.25) is 0 Å². The number of nitrogens with one attached hydrogen (secondary N) is 2. The number of nitrogens with zero attached hydrogens (tertiary/aromatic N) is 1. The number of carbonyl (C=O) groups is 4. The van der Waals surface area contributed by atoms with Gasteiger partial charge in [-0.3, -0.25) is 19.3 Å². The molecule has 1 aliphatic rings. The van der Waals surface area contributed by atoms with Crippen LogP contribution in [0.5, 0.6) is 0 Å². The molecule has 0 atom stereocenters. The molecule has 4 N–H and O–H groups in total. The number of hydrogen-bond acceptors (Lipinski definition) is 4. The third-order valence-electron chi connectivity index (χ3n) is 2.47. The molecule has 0 radical (unpaired) electrons. The van der Waals surface area contributed by atoms with Crippen molar-refractivity contribution in [2.45, 2.75) is 25.8 Å². The maximum atomic E-state index is 11.8.